The van der Waals surface area contributed by atoms with E-state index in [0.29, 0.717) is 6.10 Å². The molecule has 1 heterocycles. The average Bonchev–Trinajstić information content (AvgIpc) is 2.62. The molecule has 17 heavy (non-hydrogen) atoms. The number of ether oxygens (including phenoxy) is 1. The molecule has 1 aromatic carbocycles. The van der Waals surface area contributed by atoms with Crippen LogP contribution in [0.2, 0.25) is 0 Å². The lowest BCUT2D eigenvalue weighted by Gasteiger charge is -2.22. The topological polar surface area (TPSA) is 14.2 Å². The Morgan fingerprint density at radius 3 is 3.00 bits per heavy atom. The summed E-state index contributed by atoms with van der Waals surface area (Å²) in [5.74, 6) is 0. The van der Waals surface area contributed by atoms with E-state index in [4.69, 9.17) is 4.74 Å². The van der Waals surface area contributed by atoms with Crippen LogP contribution >= 0.6 is 15.9 Å². The second-order valence-electron chi connectivity index (χ2n) is 4.75. The van der Waals surface area contributed by atoms with Gasteiger partial charge in [0.05, 0.1) is 6.10 Å². The number of fused-ring (bicyclic) bond motifs is 3. The van der Waals surface area contributed by atoms with Crippen LogP contribution < -0.4 is 0 Å². The number of rotatable bonds is 1. The highest BCUT2D eigenvalue weighted by Crippen LogP contribution is 2.33. The highest BCUT2D eigenvalue weighted by atomic mass is 79.9. The summed E-state index contributed by atoms with van der Waals surface area (Å²) in [7, 11) is 3.99. The number of aromatic nitrogens is 1. The van der Waals surface area contributed by atoms with Crippen molar-refractivity contribution in [1.29, 1.82) is 0 Å². The van der Waals surface area contributed by atoms with Crippen LogP contribution in [0.5, 0.6) is 0 Å². The first-order valence-electron chi connectivity index (χ1n) is 5.99. The maximum Gasteiger partial charge on any atom is 0.0616 e. The first-order chi connectivity index (χ1) is 8.20. The number of aryl methyl sites for hydroxylation is 1. The van der Waals surface area contributed by atoms with Crippen molar-refractivity contribution in [1.82, 2.24) is 4.57 Å². The summed E-state index contributed by atoms with van der Waals surface area (Å²) in [5, 5.41) is 1.37. The van der Waals surface area contributed by atoms with E-state index in [1.165, 1.54) is 22.2 Å². The fourth-order valence-electron chi connectivity index (χ4n) is 2.92. The Labute approximate surface area is 110 Å². The molecular weight excluding hydrogens is 278 g/mol. The molecule has 1 atom stereocenters. The van der Waals surface area contributed by atoms with Crippen LogP contribution in [0.25, 0.3) is 10.9 Å². The Balaban J connectivity index is 2.23. The molecule has 0 fully saturated rings. The molecule has 1 aromatic heterocycles. The van der Waals surface area contributed by atoms with Gasteiger partial charge in [0.25, 0.3) is 0 Å². The van der Waals surface area contributed by atoms with Crippen LogP contribution in [-0.2, 0) is 24.6 Å². The normalized spacial score (nSPS) is 19.6. The van der Waals surface area contributed by atoms with Crippen molar-refractivity contribution in [3.63, 3.8) is 0 Å². The van der Waals surface area contributed by atoms with Gasteiger partial charge in [-0.15, -0.1) is 0 Å². The van der Waals surface area contributed by atoms with Crippen LogP contribution in [0.1, 0.15) is 17.7 Å². The second-order valence-corrected chi connectivity index (χ2v) is 5.66. The van der Waals surface area contributed by atoms with Crippen LogP contribution in [0.4, 0.5) is 0 Å². The molecule has 1 aliphatic carbocycles. The summed E-state index contributed by atoms with van der Waals surface area (Å²) in [6.45, 7) is 0. The van der Waals surface area contributed by atoms with Crippen LogP contribution in [0.15, 0.2) is 22.7 Å². The molecule has 0 N–H and O–H groups in total. The number of nitrogens with zero attached hydrogens (tertiary/aromatic N) is 1. The number of hydrogen-bond donors (Lipinski definition) is 0. The van der Waals surface area contributed by atoms with Crippen LogP contribution in [0.3, 0.4) is 0 Å². The smallest absolute Gasteiger partial charge is 0.0616 e. The molecule has 0 aliphatic heterocycles. The molecule has 1 unspecified atom stereocenters. The molecule has 1 aliphatic rings. The Kier molecular flexibility index (Phi) is 2.75. The molecule has 0 radical (unpaired) electrons. The van der Waals surface area contributed by atoms with Crippen molar-refractivity contribution >= 4 is 26.8 Å². The first-order valence-corrected chi connectivity index (χ1v) is 6.78. The first kappa shape index (κ1) is 11.3. The summed E-state index contributed by atoms with van der Waals surface area (Å²) in [5.41, 5.74) is 4.28. The largest absolute Gasteiger partial charge is 0.381 e. The molecular formula is C14H16BrNO. The monoisotopic (exact) mass is 293 g/mol. The van der Waals surface area contributed by atoms with Gasteiger partial charge in [-0.2, -0.15) is 0 Å². The highest BCUT2D eigenvalue weighted by molar-refractivity contribution is 9.10. The molecule has 0 bridgehead atoms. The fourth-order valence-corrected chi connectivity index (χ4v) is 3.28. The minimum atomic E-state index is 0.382. The van der Waals surface area contributed by atoms with Gasteiger partial charge in [-0.3, -0.25) is 0 Å². The van der Waals surface area contributed by atoms with E-state index in [-0.39, 0.29) is 0 Å². The van der Waals surface area contributed by atoms with E-state index >= 15 is 0 Å². The van der Waals surface area contributed by atoms with Gasteiger partial charge in [0.15, 0.2) is 0 Å². The Bertz CT molecular complexity index is 573. The molecule has 0 saturated heterocycles. The van der Waals surface area contributed by atoms with Crippen molar-refractivity contribution in [3.05, 3.63) is 33.9 Å². The van der Waals surface area contributed by atoms with Gasteiger partial charge in [0.2, 0.25) is 0 Å². The minimum Gasteiger partial charge on any atom is -0.381 e. The van der Waals surface area contributed by atoms with Gasteiger partial charge < -0.3 is 9.30 Å². The molecule has 3 heteroatoms. The number of methoxy groups -OCH3 is 1. The van der Waals surface area contributed by atoms with Gasteiger partial charge in [-0.05, 0) is 36.6 Å². The third kappa shape index (κ3) is 1.72. The van der Waals surface area contributed by atoms with E-state index in [9.17, 15) is 0 Å². The minimum absolute atomic E-state index is 0.382. The number of halogens is 1. The predicted octanol–water partition coefficient (Wildman–Crippen LogP) is 3.44. The lowest BCUT2D eigenvalue weighted by Crippen LogP contribution is -2.21. The molecule has 2 aromatic rings. The second kappa shape index (κ2) is 4.14. The van der Waals surface area contributed by atoms with Crippen LogP contribution in [-0.4, -0.2) is 17.8 Å². The number of hydrogen-bond acceptors (Lipinski definition) is 1. The molecule has 0 saturated carbocycles. The van der Waals surface area contributed by atoms with Gasteiger partial charge >= 0.3 is 0 Å². The van der Waals surface area contributed by atoms with Crippen molar-refractivity contribution < 1.29 is 4.74 Å². The maximum atomic E-state index is 5.52. The lowest BCUT2D eigenvalue weighted by molar-refractivity contribution is 0.0908. The van der Waals surface area contributed by atoms with Crippen molar-refractivity contribution in [2.24, 2.45) is 7.05 Å². The summed E-state index contributed by atoms with van der Waals surface area (Å²) in [6.07, 6.45) is 3.68. The van der Waals surface area contributed by atoms with Gasteiger partial charge in [0, 0.05) is 41.6 Å². The zero-order valence-corrected chi connectivity index (χ0v) is 11.8. The van der Waals surface area contributed by atoms with Crippen molar-refractivity contribution in [2.75, 3.05) is 7.11 Å². The summed E-state index contributed by atoms with van der Waals surface area (Å²) in [6, 6.07) is 6.54. The summed E-state index contributed by atoms with van der Waals surface area (Å²) >= 11 is 3.56. The van der Waals surface area contributed by atoms with E-state index in [2.05, 4.69) is 45.7 Å². The SMILES string of the molecule is COC1CCc2c(c3cc(Br)ccc3n2C)C1. The average molecular weight is 294 g/mol. The predicted molar refractivity (Wildman–Crippen MR) is 73.4 cm³/mol. The molecule has 0 spiro atoms. The summed E-state index contributed by atoms with van der Waals surface area (Å²) in [4.78, 5) is 0. The van der Waals surface area contributed by atoms with Gasteiger partial charge in [-0.1, -0.05) is 15.9 Å². The van der Waals surface area contributed by atoms with E-state index in [0.717, 1.165) is 23.7 Å². The van der Waals surface area contributed by atoms with Crippen LogP contribution in [0, 0.1) is 0 Å². The highest BCUT2D eigenvalue weighted by Gasteiger charge is 2.24. The fraction of sp³-hybridized carbons (Fsp3) is 0.429. The number of benzene rings is 1. The Morgan fingerprint density at radius 1 is 1.41 bits per heavy atom. The Hall–Kier alpha value is -0.800. The van der Waals surface area contributed by atoms with Crippen molar-refractivity contribution in [2.45, 2.75) is 25.4 Å². The zero-order valence-electron chi connectivity index (χ0n) is 10.2. The molecule has 2 nitrogen and oxygen atoms in total. The molecule has 0 amide bonds. The van der Waals surface area contributed by atoms with E-state index < -0.39 is 0 Å². The maximum absolute atomic E-state index is 5.52. The quantitative estimate of drug-likeness (QED) is 0.786. The van der Waals surface area contributed by atoms with Gasteiger partial charge in [0.1, 0.15) is 0 Å². The third-order valence-electron chi connectivity index (χ3n) is 3.87. The third-order valence-corrected chi connectivity index (χ3v) is 4.36. The zero-order chi connectivity index (χ0) is 12.0. The van der Waals surface area contributed by atoms with E-state index in [1.807, 2.05) is 7.11 Å². The van der Waals surface area contributed by atoms with Gasteiger partial charge in [-0.25, -0.2) is 0 Å². The van der Waals surface area contributed by atoms with E-state index in [1.54, 1.807) is 0 Å². The van der Waals surface area contributed by atoms with Crippen molar-refractivity contribution in [3.8, 4) is 0 Å². The summed E-state index contributed by atoms with van der Waals surface area (Å²) < 4.78 is 9.00. The lowest BCUT2D eigenvalue weighted by atomic mass is 9.93. The Morgan fingerprint density at radius 2 is 2.24 bits per heavy atom. The molecule has 3 rings (SSSR count). The standard InChI is InChI=1S/C14H16BrNO/c1-16-13-5-3-9(15)7-11(13)12-8-10(17-2)4-6-14(12)16/h3,5,7,10H,4,6,8H2,1-2H3. The molecule has 90 valence electrons.